The van der Waals surface area contributed by atoms with Crippen molar-refractivity contribution in [1.82, 2.24) is 0 Å². The number of carbonyl (C=O) groups is 2. The van der Waals surface area contributed by atoms with E-state index in [2.05, 4.69) is 12.2 Å². The number of carboxylic acids is 1. The smallest absolute Gasteiger partial charge is 0.306 e. The molecule has 0 aliphatic carbocycles. The van der Waals surface area contributed by atoms with E-state index in [1.165, 1.54) is 12.8 Å². The maximum Gasteiger partial charge on any atom is 0.306 e. The van der Waals surface area contributed by atoms with Crippen molar-refractivity contribution in [2.45, 2.75) is 64.4 Å². The third-order valence-corrected chi connectivity index (χ3v) is 3.43. The number of esters is 1. The molecule has 0 aromatic heterocycles. The molecule has 0 fully saturated rings. The van der Waals surface area contributed by atoms with Gasteiger partial charge >= 0.3 is 5.97 Å². The van der Waals surface area contributed by atoms with E-state index in [1.54, 1.807) is 0 Å². The largest absolute Gasteiger partial charge is 0.550 e. The number of hydrogen-bond acceptors (Lipinski definition) is 4. The minimum absolute atomic E-state index is 0.244. The summed E-state index contributed by atoms with van der Waals surface area (Å²) in [4.78, 5) is 22.6. The number of carboxylic acid groups (broad SMARTS) is 1. The van der Waals surface area contributed by atoms with E-state index in [9.17, 15) is 14.7 Å². The first-order valence-corrected chi connectivity index (χ1v) is 8.55. The molecule has 0 bridgehead atoms. The second-order valence-electron chi connectivity index (χ2n) is 7.04. The van der Waals surface area contributed by atoms with Crippen molar-refractivity contribution in [3.63, 3.8) is 0 Å². The Morgan fingerprint density at radius 3 is 2.26 bits per heavy atom. The molecule has 0 aromatic carbocycles. The Labute approximate surface area is 140 Å². The minimum Gasteiger partial charge on any atom is -0.550 e. The fourth-order valence-corrected chi connectivity index (χ4v) is 2.41. The molecule has 1 unspecified atom stereocenters. The Balaban J connectivity index is 3.92. The van der Waals surface area contributed by atoms with Crippen LogP contribution in [0.2, 0.25) is 0 Å². The lowest BCUT2D eigenvalue weighted by molar-refractivity contribution is -0.873. The predicted octanol–water partition coefficient (Wildman–Crippen LogP) is 2.05. The number of hydrogen-bond donors (Lipinski definition) is 0. The van der Waals surface area contributed by atoms with Crippen molar-refractivity contribution in [3.05, 3.63) is 12.2 Å². The van der Waals surface area contributed by atoms with Gasteiger partial charge in [0.15, 0.2) is 6.10 Å². The van der Waals surface area contributed by atoms with Gasteiger partial charge in [-0.15, -0.1) is 0 Å². The fourth-order valence-electron chi connectivity index (χ4n) is 2.41. The number of aliphatic carboxylic acids is 1. The van der Waals surface area contributed by atoms with Crippen LogP contribution in [-0.2, 0) is 14.3 Å². The number of ether oxygens (including phenoxy) is 1. The van der Waals surface area contributed by atoms with E-state index in [-0.39, 0.29) is 12.4 Å². The highest BCUT2D eigenvalue weighted by molar-refractivity contribution is 5.70. The summed E-state index contributed by atoms with van der Waals surface area (Å²) in [5, 5.41) is 10.8. The molecule has 0 aromatic rings. The molecule has 23 heavy (non-hydrogen) atoms. The van der Waals surface area contributed by atoms with Gasteiger partial charge in [-0.3, -0.25) is 4.79 Å². The Bertz CT molecular complexity index is 372. The molecule has 1 atom stereocenters. The average molecular weight is 327 g/mol. The summed E-state index contributed by atoms with van der Waals surface area (Å²) in [5.74, 6) is -1.49. The number of nitrogens with zero attached hydrogens (tertiary/aromatic N) is 1. The van der Waals surface area contributed by atoms with Gasteiger partial charge < -0.3 is 19.1 Å². The van der Waals surface area contributed by atoms with E-state index >= 15 is 0 Å². The molecule has 0 amide bonds. The normalized spacial score (nSPS) is 13.2. The Hall–Kier alpha value is -1.36. The van der Waals surface area contributed by atoms with Gasteiger partial charge in [0.25, 0.3) is 0 Å². The Morgan fingerprint density at radius 1 is 1.09 bits per heavy atom. The lowest BCUT2D eigenvalue weighted by Crippen LogP contribution is -2.45. The first kappa shape index (κ1) is 21.6. The predicted molar refractivity (Wildman–Crippen MR) is 89.5 cm³/mol. The summed E-state index contributed by atoms with van der Waals surface area (Å²) in [5.41, 5.74) is 0. The van der Waals surface area contributed by atoms with Crippen LogP contribution in [0, 0.1) is 0 Å². The summed E-state index contributed by atoms with van der Waals surface area (Å²) in [6.45, 7) is 2.49. The van der Waals surface area contributed by atoms with E-state index in [4.69, 9.17) is 4.74 Å². The topological polar surface area (TPSA) is 66.4 Å². The highest BCUT2D eigenvalue weighted by atomic mass is 16.5. The third-order valence-electron chi connectivity index (χ3n) is 3.43. The van der Waals surface area contributed by atoms with Gasteiger partial charge in [0, 0.05) is 18.8 Å². The molecule has 0 N–H and O–H groups in total. The second kappa shape index (κ2) is 12.1. The van der Waals surface area contributed by atoms with Crippen LogP contribution in [0.3, 0.4) is 0 Å². The van der Waals surface area contributed by atoms with Crippen molar-refractivity contribution in [3.8, 4) is 0 Å². The highest BCUT2D eigenvalue weighted by Gasteiger charge is 2.22. The monoisotopic (exact) mass is 327 g/mol. The summed E-state index contributed by atoms with van der Waals surface area (Å²) in [6.07, 6.45) is 10.1. The van der Waals surface area contributed by atoms with Crippen molar-refractivity contribution in [2.24, 2.45) is 0 Å². The maximum absolute atomic E-state index is 11.8. The highest BCUT2D eigenvalue weighted by Crippen LogP contribution is 2.10. The van der Waals surface area contributed by atoms with Crippen molar-refractivity contribution < 1.29 is 23.9 Å². The molecule has 0 radical (unpaired) electrons. The molecular weight excluding hydrogens is 294 g/mol. The molecule has 5 heteroatoms. The quantitative estimate of drug-likeness (QED) is 0.225. The summed E-state index contributed by atoms with van der Waals surface area (Å²) < 4.78 is 5.85. The zero-order valence-corrected chi connectivity index (χ0v) is 15.2. The number of carbonyl (C=O) groups excluding carboxylic acids is 2. The van der Waals surface area contributed by atoms with E-state index in [0.717, 1.165) is 25.7 Å². The van der Waals surface area contributed by atoms with Crippen LogP contribution in [0.4, 0.5) is 0 Å². The van der Waals surface area contributed by atoms with Gasteiger partial charge in [-0.1, -0.05) is 31.4 Å². The molecule has 0 aliphatic rings. The standard InChI is InChI=1S/C18H33NO4/c1-5-6-7-8-9-10-11-12-13-18(22)23-16(14-17(20)21)15-19(2,3)4/h5-6,16H,7-15H2,1-4H3. The van der Waals surface area contributed by atoms with Crippen molar-refractivity contribution in [2.75, 3.05) is 27.7 Å². The van der Waals surface area contributed by atoms with Gasteiger partial charge in [0.2, 0.25) is 0 Å². The fraction of sp³-hybridized carbons (Fsp3) is 0.778. The number of likely N-dealkylation sites (N-methyl/N-ethyl adjacent to an activating group) is 1. The second-order valence-corrected chi connectivity index (χ2v) is 7.04. The molecular formula is C18H33NO4. The molecule has 0 saturated heterocycles. The Kier molecular flexibility index (Phi) is 11.4. The van der Waals surface area contributed by atoms with Gasteiger partial charge in [-0.25, -0.2) is 0 Å². The van der Waals surface area contributed by atoms with Crippen LogP contribution >= 0.6 is 0 Å². The van der Waals surface area contributed by atoms with Crippen LogP contribution in [0.25, 0.3) is 0 Å². The van der Waals surface area contributed by atoms with Crippen molar-refractivity contribution >= 4 is 11.9 Å². The third kappa shape index (κ3) is 15.3. The van der Waals surface area contributed by atoms with Gasteiger partial charge in [0.1, 0.15) is 6.54 Å². The molecule has 0 spiro atoms. The van der Waals surface area contributed by atoms with Crippen LogP contribution in [-0.4, -0.2) is 50.2 Å². The zero-order valence-electron chi connectivity index (χ0n) is 15.2. The molecule has 0 rings (SSSR count). The number of allylic oxidation sites excluding steroid dienone is 2. The average Bonchev–Trinajstić information content (AvgIpc) is 2.39. The van der Waals surface area contributed by atoms with Gasteiger partial charge in [-0.2, -0.15) is 0 Å². The van der Waals surface area contributed by atoms with E-state index in [1.807, 2.05) is 28.1 Å². The molecule has 134 valence electrons. The minimum atomic E-state index is -1.18. The van der Waals surface area contributed by atoms with Crippen LogP contribution in [0.1, 0.15) is 58.3 Å². The van der Waals surface area contributed by atoms with E-state index < -0.39 is 12.1 Å². The SMILES string of the molecule is CC=CCCCCCCCC(=O)OC(CC(=O)[O-])C[N+](C)(C)C. The lowest BCUT2D eigenvalue weighted by atomic mass is 10.1. The van der Waals surface area contributed by atoms with Gasteiger partial charge in [0.05, 0.1) is 21.1 Å². The number of rotatable bonds is 13. The van der Waals surface area contributed by atoms with Crippen LogP contribution < -0.4 is 5.11 Å². The van der Waals surface area contributed by atoms with E-state index in [0.29, 0.717) is 17.4 Å². The summed E-state index contributed by atoms with van der Waals surface area (Å²) in [7, 11) is 5.80. The first-order chi connectivity index (χ1) is 10.7. The van der Waals surface area contributed by atoms with Crippen molar-refractivity contribution in [1.29, 1.82) is 0 Å². The zero-order chi connectivity index (χ0) is 17.7. The van der Waals surface area contributed by atoms with Gasteiger partial charge in [-0.05, 0) is 26.2 Å². The first-order valence-electron chi connectivity index (χ1n) is 8.55. The summed E-state index contributed by atoms with van der Waals surface area (Å²) in [6, 6.07) is 0. The maximum atomic E-state index is 11.8. The number of unbranched alkanes of at least 4 members (excludes halogenated alkanes) is 5. The molecule has 0 saturated carbocycles. The molecule has 0 aliphatic heterocycles. The lowest BCUT2D eigenvalue weighted by Gasteiger charge is -2.29. The summed E-state index contributed by atoms with van der Waals surface area (Å²) >= 11 is 0. The number of quaternary nitrogens is 1. The van der Waals surface area contributed by atoms with Crippen LogP contribution in [0.15, 0.2) is 12.2 Å². The molecule has 0 heterocycles. The van der Waals surface area contributed by atoms with Crippen LogP contribution in [0.5, 0.6) is 0 Å². The Morgan fingerprint density at radius 2 is 1.70 bits per heavy atom. The molecule has 5 nitrogen and oxygen atoms in total.